The molecule has 9 heteroatoms. The second kappa shape index (κ2) is 10.7. The van der Waals surface area contributed by atoms with Crippen molar-refractivity contribution in [3.63, 3.8) is 0 Å². The van der Waals surface area contributed by atoms with Crippen molar-refractivity contribution in [3.05, 3.63) is 89.0 Å². The number of carbonyl (C=O) groups excluding carboxylic acids is 3. The maximum atomic E-state index is 12.7. The fraction of sp³-hybridized carbons (Fsp3) is 0.174. The number of nitrogens with zero attached hydrogens (tertiary/aromatic N) is 2. The zero-order valence-electron chi connectivity index (χ0n) is 21.2. The highest BCUT2D eigenvalue weighted by atomic mass is 16.5. The number of methoxy groups -OCH3 is 2. The number of esters is 1. The van der Waals surface area contributed by atoms with Gasteiger partial charge in [-0.1, -0.05) is 24.3 Å². The van der Waals surface area contributed by atoms with Gasteiger partial charge in [0.05, 0.1) is 25.3 Å². The van der Waals surface area contributed by atoms with E-state index in [9.17, 15) is 14.4 Å². The summed E-state index contributed by atoms with van der Waals surface area (Å²) in [6, 6.07) is 12.5. The van der Waals surface area contributed by atoms with Crippen LogP contribution in [0.2, 0.25) is 0 Å². The average molecular weight is 438 g/mol. The average Bonchev–Trinajstić information content (AvgIpc) is 2.87. The first-order valence-electron chi connectivity index (χ1n) is 11.3. The van der Waals surface area contributed by atoms with Crippen LogP contribution in [0.3, 0.4) is 0 Å². The molecular formula is C23H22N4O5. The van der Waals surface area contributed by atoms with E-state index in [0.29, 0.717) is 5.75 Å². The van der Waals surface area contributed by atoms with E-state index in [4.69, 9.17) is 10.2 Å². The van der Waals surface area contributed by atoms with Crippen molar-refractivity contribution in [1.29, 1.82) is 0 Å². The summed E-state index contributed by atoms with van der Waals surface area (Å²) < 4.78 is 42.5. The molecule has 1 aromatic heterocycles. The van der Waals surface area contributed by atoms with E-state index < -0.39 is 30.8 Å². The van der Waals surface area contributed by atoms with Crippen LogP contribution in [-0.2, 0) is 17.7 Å². The Morgan fingerprint density at radius 1 is 0.875 bits per heavy atom. The fourth-order valence-electron chi connectivity index (χ4n) is 2.50. The van der Waals surface area contributed by atoms with Gasteiger partial charge in [-0.15, -0.1) is 0 Å². The standard InChI is InChI=1S/C23H22N4O5/c1-31-18-5-3-4-16(10-18)13-25-22(29)20-11-19(26-14-27-20)21(28)24-12-15-6-8-17(9-7-15)23(30)32-2/h3-11,14H,12-13H2,1-2H3,(H,24,28)(H,25,29)/i12D2,13D2. The molecule has 3 aromatic rings. The summed E-state index contributed by atoms with van der Waals surface area (Å²) in [6.07, 6.45) is 0.936. The molecule has 0 atom stereocenters. The number of hydrogen-bond donors (Lipinski definition) is 2. The molecule has 0 saturated carbocycles. The maximum Gasteiger partial charge on any atom is 0.337 e. The molecule has 2 N–H and O–H groups in total. The highest BCUT2D eigenvalue weighted by Gasteiger charge is 2.13. The van der Waals surface area contributed by atoms with Crippen molar-refractivity contribution in [2.75, 3.05) is 14.2 Å². The van der Waals surface area contributed by atoms with Gasteiger partial charge in [-0.25, -0.2) is 14.8 Å². The number of aromatic nitrogens is 2. The smallest absolute Gasteiger partial charge is 0.337 e. The quantitative estimate of drug-likeness (QED) is 0.517. The zero-order valence-corrected chi connectivity index (χ0v) is 17.2. The second-order valence-corrected chi connectivity index (χ2v) is 6.25. The van der Waals surface area contributed by atoms with Crippen LogP contribution in [0.15, 0.2) is 60.9 Å². The molecule has 1 heterocycles. The number of benzene rings is 2. The molecule has 2 amide bonds. The lowest BCUT2D eigenvalue weighted by Crippen LogP contribution is -2.27. The van der Waals surface area contributed by atoms with E-state index in [-0.39, 0.29) is 28.1 Å². The lowest BCUT2D eigenvalue weighted by molar-refractivity contribution is 0.0600. The van der Waals surface area contributed by atoms with Crippen molar-refractivity contribution in [1.82, 2.24) is 20.6 Å². The maximum absolute atomic E-state index is 12.7. The third-order valence-electron chi connectivity index (χ3n) is 4.15. The van der Waals surface area contributed by atoms with Crippen LogP contribution < -0.4 is 15.4 Å². The van der Waals surface area contributed by atoms with E-state index >= 15 is 0 Å². The van der Waals surface area contributed by atoms with Gasteiger partial charge >= 0.3 is 5.97 Å². The van der Waals surface area contributed by atoms with Crippen LogP contribution in [0.1, 0.15) is 47.9 Å². The Bertz CT molecular complexity index is 1290. The van der Waals surface area contributed by atoms with Crippen molar-refractivity contribution >= 4 is 17.8 Å². The molecule has 2 aromatic carbocycles. The summed E-state index contributed by atoms with van der Waals surface area (Å²) in [4.78, 5) is 44.5. The lowest BCUT2D eigenvalue weighted by Gasteiger charge is -2.08. The number of carbonyl (C=O) groups is 3. The first kappa shape index (κ1) is 17.4. The van der Waals surface area contributed by atoms with Gasteiger partial charge < -0.3 is 20.1 Å². The highest BCUT2D eigenvalue weighted by Crippen LogP contribution is 2.12. The molecule has 0 radical (unpaired) electrons. The Labute approximate surface area is 190 Å². The Balaban J connectivity index is 1.74. The normalized spacial score (nSPS) is 12.9. The largest absolute Gasteiger partial charge is 0.497 e. The molecule has 0 bridgehead atoms. The van der Waals surface area contributed by atoms with Gasteiger partial charge in [0.2, 0.25) is 0 Å². The molecule has 0 unspecified atom stereocenters. The molecule has 0 saturated heterocycles. The van der Waals surface area contributed by atoms with Crippen molar-refractivity contribution < 1.29 is 29.3 Å². The van der Waals surface area contributed by atoms with Gasteiger partial charge in [-0.2, -0.15) is 0 Å². The van der Waals surface area contributed by atoms with Gasteiger partial charge in [0.1, 0.15) is 23.5 Å². The first-order valence-corrected chi connectivity index (χ1v) is 9.27. The van der Waals surface area contributed by atoms with Crippen LogP contribution >= 0.6 is 0 Å². The monoisotopic (exact) mass is 438 g/mol. The topological polar surface area (TPSA) is 120 Å². The van der Waals surface area contributed by atoms with Gasteiger partial charge in [-0.05, 0) is 35.4 Å². The summed E-state index contributed by atoms with van der Waals surface area (Å²) in [5, 5.41) is 4.38. The van der Waals surface area contributed by atoms with Gasteiger partial charge in [-0.3, -0.25) is 9.59 Å². The number of amides is 2. The minimum Gasteiger partial charge on any atom is -0.497 e. The van der Waals surface area contributed by atoms with E-state index in [2.05, 4.69) is 25.3 Å². The lowest BCUT2D eigenvalue weighted by atomic mass is 10.1. The summed E-state index contributed by atoms with van der Waals surface area (Å²) >= 11 is 0. The highest BCUT2D eigenvalue weighted by molar-refractivity contribution is 5.97. The summed E-state index contributed by atoms with van der Waals surface area (Å²) in [6.45, 7) is -4.63. The van der Waals surface area contributed by atoms with Crippen LogP contribution in [0.5, 0.6) is 5.75 Å². The third kappa shape index (κ3) is 5.88. The van der Waals surface area contributed by atoms with E-state index in [1.165, 1.54) is 50.6 Å². The predicted molar refractivity (Wildman–Crippen MR) is 115 cm³/mol. The number of ether oxygens (including phenoxy) is 2. The number of nitrogens with one attached hydrogen (secondary N) is 2. The molecule has 32 heavy (non-hydrogen) atoms. The summed E-state index contributed by atoms with van der Waals surface area (Å²) in [7, 11) is 2.65. The summed E-state index contributed by atoms with van der Waals surface area (Å²) in [5.41, 5.74) is -0.212. The van der Waals surface area contributed by atoms with Crippen LogP contribution in [-0.4, -0.2) is 42.0 Å². The second-order valence-electron chi connectivity index (χ2n) is 6.25. The van der Waals surface area contributed by atoms with Crippen LogP contribution in [0, 0.1) is 0 Å². The Morgan fingerprint density at radius 3 is 2.09 bits per heavy atom. The SMILES string of the molecule is [2H]C([2H])(NC(=O)c1cc(C(=O)NC([2H])([2H])c2cccc(OC)c2)ncn1)c1ccc(C(=O)OC)cc1. The van der Waals surface area contributed by atoms with Gasteiger partial charge in [0, 0.05) is 19.1 Å². The molecule has 3 rings (SSSR count). The minimum absolute atomic E-state index is 0.0574. The molecular weight excluding hydrogens is 412 g/mol. The Kier molecular flexibility index (Phi) is 5.81. The minimum atomic E-state index is -2.34. The van der Waals surface area contributed by atoms with Gasteiger partial charge in [0.15, 0.2) is 0 Å². The molecule has 0 fully saturated rings. The molecule has 0 spiro atoms. The van der Waals surface area contributed by atoms with Crippen molar-refractivity contribution in [3.8, 4) is 5.75 Å². The molecule has 164 valence electrons. The predicted octanol–water partition coefficient (Wildman–Crippen LogP) is 2.13. The van der Waals surface area contributed by atoms with Crippen LogP contribution in [0.25, 0.3) is 0 Å². The van der Waals surface area contributed by atoms with E-state index in [1.54, 1.807) is 12.1 Å². The Morgan fingerprint density at radius 2 is 1.50 bits per heavy atom. The first-order chi connectivity index (χ1) is 17.0. The number of rotatable bonds is 8. The molecule has 0 aliphatic heterocycles. The third-order valence-corrected chi connectivity index (χ3v) is 4.15. The zero-order chi connectivity index (χ0) is 26.5. The molecule has 0 aliphatic rings. The van der Waals surface area contributed by atoms with E-state index in [1.807, 2.05) is 0 Å². The number of hydrogen-bond acceptors (Lipinski definition) is 7. The summed E-state index contributed by atoms with van der Waals surface area (Å²) in [5.74, 6) is -2.04. The van der Waals surface area contributed by atoms with Crippen LogP contribution in [0.4, 0.5) is 0 Å². The Hall–Kier alpha value is -4.27. The van der Waals surface area contributed by atoms with E-state index in [0.717, 1.165) is 12.4 Å². The van der Waals surface area contributed by atoms with Gasteiger partial charge in [0.25, 0.3) is 11.8 Å². The van der Waals surface area contributed by atoms with Crippen molar-refractivity contribution in [2.45, 2.75) is 13.0 Å². The van der Waals surface area contributed by atoms with Crippen molar-refractivity contribution in [2.24, 2.45) is 0 Å². The molecule has 0 aliphatic carbocycles. The fourth-order valence-corrected chi connectivity index (χ4v) is 2.50. The molecule has 9 nitrogen and oxygen atoms in total.